The molecule has 0 unspecified atom stereocenters. The molecular weight excluding hydrogens is 326 g/mol. The second-order valence-corrected chi connectivity index (χ2v) is 6.14. The van der Waals surface area contributed by atoms with Gasteiger partial charge in [0.25, 0.3) is 0 Å². The van der Waals surface area contributed by atoms with Crippen LogP contribution < -0.4 is 15.1 Å². The van der Waals surface area contributed by atoms with E-state index in [-0.39, 0.29) is 5.91 Å². The Morgan fingerprint density at radius 2 is 2.12 bits per heavy atom. The average molecular weight is 346 g/mol. The summed E-state index contributed by atoms with van der Waals surface area (Å²) in [6.07, 6.45) is 3.37. The minimum absolute atomic E-state index is 0.0817. The van der Waals surface area contributed by atoms with E-state index < -0.39 is 0 Å². The van der Waals surface area contributed by atoms with Crippen LogP contribution in [-0.4, -0.2) is 42.1 Å². The highest BCUT2D eigenvalue weighted by molar-refractivity contribution is 6.30. The highest BCUT2D eigenvalue weighted by Gasteiger charge is 2.17. The third-order valence-corrected chi connectivity index (χ3v) is 4.17. The molecule has 1 saturated heterocycles. The highest BCUT2D eigenvalue weighted by Crippen LogP contribution is 2.20. The van der Waals surface area contributed by atoms with E-state index in [2.05, 4.69) is 20.2 Å². The first-order valence-electron chi connectivity index (χ1n) is 7.94. The van der Waals surface area contributed by atoms with Crippen molar-refractivity contribution in [3.05, 3.63) is 47.2 Å². The van der Waals surface area contributed by atoms with Gasteiger partial charge in [0, 0.05) is 38.1 Å². The molecule has 0 atom stereocenters. The molecule has 1 amide bonds. The third kappa shape index (κ3) is 4.01. The standard InChI is InChI=1S/C17H20ClN5O/c1-13(24)23(12-14-3-2-4-15(18)9-14)17-11-20-10-16(21-17)22-7-5-19-6-8-22/h2-4,9-11,19H,5-8,12H2,1H3. The van der Waals surface area contributed by atoms with Crippen LogP contribution in [0.5, 0.6) is 0 Å². The van der Waals surface area contributed by atoms with Gasteiger partial charge in [0.15, 0.2) is 5.82 Å². The summed E-state index contributed by atoms with van der Waals surface area (Å²) in [5.74, 6) is 1.27. The van der Waals surface area contributed by atoms with Crippen molar-refractivity contribution in [2.75, 3.05) is 36.0 Å². The number of carbonyl (C=O) groups is 1. The van der Waals surface area contributed by atoms with Crippen molar-refractivity contribution in [3.8, 4) is 0 Å². The molecule has 1 fully saturated rings. The summed E-state index contributed by atoms with van der Waals surface area (Å²) in [6.45, 7) is 5.55. The van der Waals surface area contributed by atoms with Crippen molar-refractivity contribution in [3.63, 3.8) is 0 Å². The number of halogens is 1. The molecule has 126 valence electrons. The van der Waals surface area contributed by atoms with Crippen LogP contribution in [0.3, 0.4) is 0 Å². The summed E-state index contributed by atoms with van der Waals surface area (Å²) in [4.78, 5) is 24.8. The Morgan fingerprint density at radius 1 is 1.33 bits per heavy atom. The SMILES string of the molecule is CC(=O)N(Cc1cccc(Cl)c1)c1cncc(N2CCNCC2)n1. The molecule has 1 aliphatic heterocycles. The van der Waals surface area contributed by atoms with Gasteiger partial charge in [0.2, 0.25) is 5.91 Å². The normalized spacial score (nSPS) is 14.5. The van der Waals surface area contributed by atoms with E-state index in [0.29, 0.717) is 17.4 Å². The maximum atomic E-state index is 12.1. The Morgan fingerprint density at radius 3 is 2.83 bits per heavy atom. The largest absolute Gasteiger partial charge is 0.353 e. The molecule has 0 bridgehead atoms. The van der Waals surface area contributed by atoms with Crippen molar-refractivity contribution in [1.29, 1.82) is 0 Å². The van der Waals surface area contributed by atoms with E-state index in [1.54, 1.807) is 17.3 Å². The van der Waals surface area contributed by atoms with Crippen molar-refractivity contribution in [2.45, 2.75) is 13.5 Å². The van der Waals surface area contributed by atoms with Gasteiger partial charge >= 0.3 is 0 Å². The summed E-state index contributed by atoms with van der Waals surface area (Å²) in [7, 11) is 0. The molecule has 1 N–H and O–H groups in total. The third-order valence-electron chi connectivity index (χ3n) is 3.94. The number of nitrogens with zero attached hydrogens (tertiary/aromatic N) is 4. The zero-order valence-corrected chi connectivity index (χ0v) is 14.3. The van der Waals surface area contributed by atoms with Gasteiger partial charge in [0.1, 0.15) is 5.82 Å². The van der Waals surface area contributed by atoms with Gasteiger partial charge < -0.3 is 10.2 Å². The maximum Gasteiger partial charge on any atom is 0.225 e. The zero-order valence-electron chi connectivity index (χ0n) is 13.6. The fourth-order valence-corrected chi connectivity index (χ4v) is 2.91. The molecule has 3 rings (SSSR count). The second kappa shape index (κ2) is 7.59. The number of hydrogen-bond acceptors (Lipinski definition) is 5. The van der Waals surface area contributed by atoms with Gasteiger partial charge in [-0.25, -0.2) is 4.98 Å². The van der Waals surface area contributed by atoms with Gasteiger partial charge in [-0.1, -0.05) is 23.7 Å². The fourth-order valence-electron chi connectivity index (χ4n) is 2.69. The minimum atomic E-state index is -0.0817. The van der Waals surface area contributed by atoms with Crippen LogP contribution in [0.1, 0.15) is 12.5 Å². The predicted molar refractivity (Wildman–Crippen MR) is 95.4 cm³/mol. The summed E-state index contributed by atoms with van der Waals surface area (Å²) in [6, 6.07) is 7.48. The molecule has 2 heterocycles. The summed E-state index contributed by atoms with van der Waals surface area (Å²) in [5.41, 5.74) is 0.951. The Bertz CT molecular complexity index is 718. The van der Waals surface area contributed by atoms with Crippen LogP contribution >= 0.6 is 11.6 Å². The molecule has 6 nitrogen and oxygen atoms in total. The lowest BCUT2D eigenvalue weighted by Gasteiger charge is -2.29. The van der Waals surface area contributed by atoms with Crippen LogP contribution in [0.4, 0.5) is 11.6 Å². The highest BCUT2D eigenvalue weighted by atomic mass is 35.5. The Kier molecular flexibility index (Phi) is 5.27. The molecule has 1 aliphatic rings. The van der Waals surface area contributed by atoms with E-state index in [1.807, 2.05) is 24.3 Å². The molecule has 7 heteroatoms. The summed E-state index contributed by atoms with van der Waals surface area (Å²) in [5, 5.41) is 3.96. The lowest BCUT2D eigenvalue weighted by molar-refractivity contribution is -0.116. The van der Waals surface area contributed by atoms with Crippen LogP contribution in [-0.2, 0) is 11.3 Å². The first-order valence-corrected chi connectivity index (χ1v) is 8.31. The minimum Gasteiger partial charge on any atom is -0.353 e. The molecular formula is C17H20ClN5O. The molecule has 0 aliphatic carbocycles. The molecule has 0 saturated carbocycles. The second-order valence-electron chi connectivity index (χ2n) is 5.71. The Hall–Kier alpha value is -2.18. The van der Waals surface area contributed by atoms with Crippen LogP contribution in [0.15, 0.2) is 36.7 Å². The number of nitrogens with one attached hydrogen (secondary N) is 1. The smallest absolute Gasteiger partial charge is 0.225 e. The van der Waals surface area contributed by atoms with Gasteiger partial charge in [-0.15, -0.1) is 0 Å². The lowest BCUT2D eigenvalue weighted by Crippen LogP contribution is -2.44. The van der Waals surface area contributed by atoms with E-state index in [1.165, 1.54) is 6.92 Å². The van der Waals surface area contributed by atoms with Gasteiger partial charge in [-0.3, -0.25) is 14.7 Å². The van der Waals surface area contributed by atoms with E-state index in [0.717, 1.165) is 37.6 Å². The van der Waals surface area contributed by atoms with E-state index >= 15 is 0 Å². The number of benzene rings is 1. The average Bonchev–Trinajstić information content (AvgIpc) is 2.60. The molecule has 0 radical (unpaired) electrons. The monoisotopic (exact) mass is 345 g/mol. The summed E-state index contributed by atoms with van der Waals surface area (Å²) >= 11 is 6.04. The van der Waals surface area contributed by atoms with Crippen LogP contribution in [0, 0.1) is 0 Å². The predicted octanol–water partition coefficient (Wildman–Crippen LogP) is 2.09. The van der Waals surface area contributed by atoms with Crippen molar-refractivity contribution >= 4 is 29.1 Å². The lowest BCUT2D eigenvalue weighted by atomic mass is 10.2. The molecule has 0 spiro atoms. The Balaban J connectivity index is 1.84. The van der Waals surface area contributed by atoms with Gasteiger partial charge in [0.05, 0.1) is 18.9 Å². The fraction of sp³-hybridized carbons (Fsp3) is 0.353. The molecule has 1 aromatic heterocycles. The van der Waals surface area contributed by atoms with Crippen LogP contribution in [0.2, 0.25) is 5.02 Å². The number of amides is 1. The van der Waals surface area contributed by atoms with Crippen molar-refractivity contribution < 1.29 is 4.79 Å². The first-order chi connectivity index (χ1) is 11.6. The number of rotatable bonds is 4. The zero-order chi connectivity index (χ0) is 16.9. The topological polar surface area (TPSA) is 61.4 Å². The number of piperazine rings is 1. The molecule has 2 aromatic rings. The van der Waals surface area contributed by atoms with E-state index in [9.17, 15) is 4.79 Å². The number of hydrogen-bond donors (Lipinski definition) is 1. The summed E-state index contributed by atoms with van der Waals surface area (Å²) < 4.78 is 0. The van der Waals surface area contributed by atoms with Crippen LogP contribution in [0.25, 0.3) is 0 Å². The van der Waals surface area contributed by atoms with E-state index in [4.69, 9.17) is 11.6 Å². The number of anilines is 2. The van der Waals surface area contributed by atoms with Crippen molar-refractivity contribution in [1.82, 2.24) is 15.3 Å². The molecule has 1 aromatic carbocycles. The quantitative estimate of drug-likeness (QED) is 0.919. The van der Waals surface area contributed by atoms with Gasteiger partial charge in [-0.2, -0.15) is 0 Å². The first kappa shape index (κ1) is 16.7. The number of carbonyl (C=O) groups excluding carboxylic acids is 1. The number of aromatic nitrogens is 2. The Labute approximate surface area is 146 Å². The molecule has 24 heavy (non-hydrogen) atoms. The van der Waals surface area contributed by atoms with Gasteiger partial charge in [-0.05, 0) is 17.7 Å². The maximum absolute atomic E-state index is 12.1. The van der Waals surface area contributed by atoms with Crippen molar-refractivity contribution in [2.24, 2.45) is 0 Å².